The Kier molecular flexibility index (Phi) is 5.44. The van der Waals surface area contributed by atoms with Gasteiger partial charge in [-0.15, -0.1) is 5.10 Å². The predicted molar refractivity (Wildman–Crippen MR) is 90.0 cm³/mol. The average molecular weight is 350 g/mol. The van der Waals surface area contributed by atoms with Gasteiger partial charge in [-0.05, 0) is 11.6 Å². The summed E-state index contributed by atoms with van der Waals surface area (Å²) in [5, 5.41) is 17.7. The average Bonchev–Trinajstić information content (AvgIpc) is 3.06. The first kappa shape index (κ1) is 16.9. The van der Waals surface area contributed by atoms with Gasteiger partial charge in [0.1, 0.15) is 0 Å². The van der Waals surface area contributed by atoms with E-state index >= 15 is 0 Å². The Bertz CT molecular complexity index is 697. The lowest BCUT2D eigenvalue weighted by Gasteiger charge is -2.33. The number of aliphatic hydroxyl groups is 1. The second-order valence-corrected chi connectivity index (χ2v) is 6.16. The van der Waals surface area contributed by atoms with Crippen LogP contribution in [0.15, 0.2) is 30.5 Å². The number of carbonyl (C=O) groups is 1. The molecule has 1 fully saturated rings. The topological polar surface area (TPSA) is 74.5 Å². The van der Waals surface area contributed by atoms with Gasteiger partial charge in [0.25, 0.3) is 5.91 Å². The molecule has 0 aliphatic carbocycles. The van der Waals surface area contributed by atoms with E-state index < -0.39 is 0 Å². The standard InChI is InChI=1S/C16H20ClN5O2/c17-14-4-2-1-3-13(14)11-22-12-15(18-19-22)16(24)21-7-5-20(6-8-21)9-10-23/h1-4,12,23H,5-11H2. The fourth-order valence-electron chi connectivity index (χ4n) is 2.75. The summed E-state index contributed by atoms with van der Waals surface area (Å²) in [6, 6.07) is 7.53. The van der Waals surface area contributed by atoms with Crippen molar-refractivity contribution in [2.75, 3.05) is 39.3 Å². The molecule has 2 aromatic rings. The zero-order valence-electron chi connectivity index (χ0n) is 13.3. The minimum atomic E-state index is -0.107. The molecule has 128 valence electrons. The number of β-amino-alcohol motifs (C(OH)–C–C–N with tert-alkyl or cyclic N) is 1. The molecule has 24 heavy (non-hydrogen) atoms. The number of hydrogen-bond acceptors (Lipinski definition) is 5. The predicted octanol–water partition coefficient (Wildman–Crippen LogP) is 0.730. The molecule has 0 spiro atoms. The van der Waals surface area contributed by atoms with Crippen molar-refractivity contribution >= 4 is 17.5 Å². The monoisotopic (exact) mass is 349 g/mol. The Morgan fingerprint density at radius 1 is 1.21 bits per heavy atom. The summed E-state index contributed by atoms with van der Waals surface area (Å²) in [5.74, 6) is -0.107. The zero-order chi connectivity index (χ0) is 16.9. The lowest BCUT2D eigenvalue weighted by Crippen LogP contribution is -2.49. The maximum Gasteiger partial charge on any atom is 0.276 e. The van der Waals surface area contributed by atoms with Crippen LogP contribution in [0.2, 0.25) is 5.02 Å². The molecule has 1 saturated heterocycles. The molecule has 8 heteroatoms. The number of nitrogens with zero attached hydrogens (tertiary/aromatic N) is 5. The van der Waals surface area contributed by atoms with Crippen molar-refractivity contribution in [1.82, 2.24) is 24.8 Å². The van der Waals surface area contributed by atoms with E-state index in [2.05, 4.69) is 15.2 Å². The maximum absolute atomic E-state index is 12.5. The number of amides is 1. The Morgan fingerprint density at radius 2 is 1.96 bits per heavy atom. The van der Waals surface area contributed by atoms with Gasteiger partial charge in [-0.1, -0.05) is 35.0 Å². The molecule has 0 unspecified atom stereocenters. The number of hydrogen-bond donors (Lipinski definition) is 1. The third-order valence-corrected chi connectivity index (χ3v) is 4.49. The largest absolute Gasteiger partial charge is 0.395 e. The first-order valence-corrected chi connectivity index (χ1v) is 8.31. The summed E-state index contributed by atoms with van der Waals surface area (Å²) < 4.78 is 1.62. The highest BCUT2D eigenvalue weighted by atomic mass is 35.5. The van der Waals surface area contributed by atoms with Gasteiger partial charge in [0, 0.05) is 37.7 Å². The summed E-state index contributed by atoms with van der Waals surface area (Å²) in [6.45, 7) is 4.07. The molecule has 1 aromatic heterocycles. The van der Waals surface area contributed by atoms with E-state index in [9.17, 15) is 4.79 Å². The molecule has 1 aromatic carbocycles. The summed E-state index contributed by atoms with van der Waals surface area (Å²) in [7, 11) is 0. The van der Waals surface area contributed by atoms with Crippen molar-refractivity contribution in [2.24, 2.45) is 0 Å². The lowest BCUT2D eigenvalue weighted by atomic mass is 10.2. The first-order valence-electron chi connectivity index (χ1n) is 7.93. The summed E-state index contributed by atoms with van der Waals surface area (Å²) >= 11 is 6.15. The number of rotatable bonds is 5. The van der Waals surface area contributed by atoms with Gasteiger partial charge >= 0.3 is 0 Å². The van der Waals surface area contributed by atoms with Crippen LogP contribution < -0.4 is 0 Å². The molecule has 0 bridgehead atoms. The number of carbonyl (C=O) groups excluding carboxylic acids is 1. The molecule has 0 saturated carbocycles. The number of halogens is 1. The van der Waals surface area contributed by atoms with Crippen molar-refractivity contribution in [3.8, 4) is 0 Å². The molecule has 1 aliphatic heterocycles. The SMILES string of the molecule is O=C(c1cn(Cc2ccccc2Cl)nn1)N1CCN(CCO)CC1. The molecule has 1 aliphatic rings. The highest BCUT2D eigenvalue weighted by Gasteiger charge is 2.23. The molecule has 1 N–H and O–H groups in total. The number of benzene rings is 1. The van der Waals surface area contributed by atoms with E-state index in [0.717, 1.165) is 18.7 Å². The highest BCUT2D eigenvalue weighted by molar-refractivity contribution is 6.31. The van der Waals surface area contributed by atoms with Crippen LogP contribution >= 0.6 is 11.6 Å². The third kappa shape index (κ3) is 3.92. The fourth-order valence-corrected chi connectivity index (χ4v) is 2.95. The van der Waals surface area contributed by atoms with Crippen LogP contribution in [-0.4, -0.2) is 75.1 Å². The summed E-state index contributed by atoms with van der Waals surface area (Å²) in [5.41, 5.74) is 1.28. The number of aliphatic hydroxyl groups excluding tert-OH is 1. The lowest BCUT2D eigenvalue weighted by molar-refractivity contribution is 0.0609. The minimum Gasteiger partial charge on any atom is -0.395 e. The molecule has 1 amide bonds. The van der Waals surface area contributed by atoms with Crippen LogP contribution in [-0.2, 0) is 6.54 Å². The molecule has 2 heterocycles. The Morgan fingerprint density at radius 3 is 2.67 bits per heavy atom. The third-order valence-electron chi connectivity index (χ3n) is 4.12. The van der Waals surface area contributed by atoms with Crippen LogP contribution in [0.25, 0.3) is 0 Å². The van der Waals surface area contributed by atoms with Crippen molar-refractivity contribution < 1.29 is 9.90 Å². The molecule has 0 radical (unpaired) electrons. The van der Waals surface area contributed by atoms with E-state index in [4.69, 9.17) is 16.7 Å². The van der Waals surface area contributed by atoms with Crippen LogP contribution in [0, 0.1) is 0 Å². The summed E-state index contributed by atoms with van der Waals surface area (Å²) in [4.78, 5) is 16.4. The van der Waals surface area contributed by atoms with Crippen LogP contribution in [0.4, 0.5) is 0 Å². The molecule has 3 rings (SSSR count). The van der Waals surface area contributed by atoms with Crippen LogP contribution in [0.5, 0.6) is 0 Å². The van der Waals surface area contributed by atoms with E-state index in [1.165, 1.54) is 0 Å². The van der Waals surface area contributed by atoms with Gasteiger partial charge in [-0.3, -0.25) is 9.69 Å². The summed E-state index contributed by atoms with van der Waals surface area (Å²) in [6.07, 6.45) is 1.66. The van der Waals surface area contributed by atoms with E-state index in [1.54, 1.807) is 15.8 Å². The van der Waals surface area contributed by atoms with Gasteiger partial charge < -0.3 is 10.0 Å². The minimum absolute atomic E-state index is 0.107. The molecule has 7 nitrogen and oxygen atoms in total. The van der Waals surface area contributed by atoms with Crippen molar-refractivity contribution in [2.45, 2.75) is 6.54 Å². The number of aromatic nitrogens is 3. The van der Waals surface area contributed by atoms with Gasteiger partial charge in [0.05, 0.1) is 19.3 Å². The normalized spacial score (nSPS) is 15.7. The van der Waals surface area contributed by atoms with Crippen molar-refractivity contribution in [3.05, 3.63) is 46.7 Å². The second-order valence-electron chi connectivity index (χ2n) is 5.75. The van der Waals surface area contributed by atoms with E-state index in [1.807, 2.05) is 24.3 Å². The highest BCUT2D eigenvalue weighted by Crippen LogP contribution is 2.16. The Labute approximate surface area is 145 Å². The van der Waals surface area contributed by atoms with Gasteiger partial charge in [0.2, 0.25) is 0 Å². The van der Waals surface area contributed by atoms with E-state index in [-0.39, 0.29) is 12.5 Å². The quantitative estimate of drug-likeness (QED) is 0.861. The van der Waals surface area contributed by atoms with Crippen LogP contribution in [0.3, 0.4) is 0 Å². The van der Waals surface area contributed by atoms with E-state index in [0.29, 0.717) is 36.9 Å². The van der Waals surface area contributed by atoms with Crippen molar-refractivity contribution in [3.63, 3.8) is 0 Å². The molecular formula is C16H20ClN5O2. The first-order chi connectivity index (χ1) is 11.7. The fraction of sp³-hybridized carbons (Fsp3) is 0.438. The van der Waals surface area contributed by atoms with Gasteiger partial charge in [0.15, 0.2) is 5.69 Å². The van der Waals surface area contributed by atoms with Crippen molar-refractivity contribution in [1.29, 1.82) is 0 Å². The van der Waals surface area contributed by atoms with Crippen LogP contribution in [0.1, 0.15) is 16.1 Å². The smallest absolute Gasteiger partial charge is 0.276 e. The second kappa shape index (κ2) is 7.74. The number of piperazine rings is 1. The Hall–Kier alpha value is -1.96. The Balaban J connectivity index is 1.61. The molecule has 0 atom stereocenters. The van der Waals surface area contributed by atoms with Gasteiger partial charge in [-0.25, -0.2) is 4.68 Å². The zero-order valence-corrected chi connectivity index (χ0v) is 14.1. The molecular weight excluding hydrogens is 330 g/mol. The maximum atomic E-state index is 12.5. The van der Waals surface area contributed by atoms with Gasteiger partial charge in [-0.2, -0.15) is 0 Å².